The standard InChI is InChI=1S/C22H25N3O3/c1-15-14-20(12-13-21(15)25(27)28)22(26)24-23-16(2)17-8-10-19(11-9-17)18-6-4-3-5-7-18/h8-14,18H,3-7H2,1-2H3,(H,24,26)/b23-16-. The maximum atomic E-state index is 12.3. The number of nitro groups is 1. The van der Waals surface area contributed by atoms with Gasteiger partial charge in [0.15, 0.2) is 0 Å². The predicted octanol–water partition coefficient (Wildman–Crippen LogP) is 5.10. The Morgan fingerprint density at radius 1 is 1.07 bits per heavy atom. The highest BCUT2D eigenvalue weighted by Gasteiger charge is 2.16. The van der Waals surface area contributed by atoms with Crippen LogP contribution in [-0.2, 0) is 0 Å². The highest BCUT2D eigenvalue weighted by atomic mass is 16.6. The maximum absolute atomic E-state index is 12.3. The Morgan fingerprint density at radius 2 is 1.71 bits per heavy atom. The number of aryl methyl sites for hydroxylation is 1. The predicted molar refractivity (Wildman–Crippen MR) is 110 cm³/mol. The molecule has 0 bridgehead atoms. The molecule has 2 aromatic carbocycles. The van der Waals surface area contributed by atoms with Crippen LogP contribution in [0.4, 0.5) is 5.69 Å². The van der Waals surface area contributed by atoms with E-state index < -0.39 is 10.8 Å². The lowest BCUT2D eigenvalue weighted by Crippen LogP contribution is -2.19. The molecular formula is C22H25N3O3. The Bertz CT molecular complexity index is 898. The molecular weight excluding hydrogens is 354 g/mol. The summed E-state index contributed by atoms with van der Waals surface area (Å²) in [7, 11) is 0. The van der Waals surface area contributed by atoms with Gasteiger partial charge >= 0.3 is 0 Å². The van der Waals surface area contributed by atoms with Crippen LogP contribution < -0.4 is 5.43 Å². The average Bonchev–Trinajstić information content (AvgIpc) is 2.72. The first kappa shape index (κ1) is 19.7. The molecule has 0 aliphatic heterocycles. The van der Waals surface area contributed by atoms with Gasteiger partial charge in [-0.1, -0.05) is 43.5 Å². The van der Waals surface area contributed by atoms with E-state index in [2.05, 4.69) is 22.7 Å². The van der Waals surface area contributed by atoms with Gasteiger partial charge in [-0.3, -0.25) is 14.9 Å². The van der Waals surface area contributed by atoms with Crippen LogP contribution in [-0.4, -0.2) is 16.5 Å². The molecule has 1 aliphatic carbocycles. The summed E-state index contributed by atoms with van der Waals surface area (Å²) in [5, 5.41) is 15.1. The van der Waals surface area contributed by atoms with Gasteiger partial charge in [0.25, 0.3) is 11.6 Å². The van der Waals surface area contributed by atoms with Crippen molar-refractivity contribution in [1.82, 2.24) is 5.43 Å². The fraction of sp³-hybridized carbons (Fsp3) is 0.364. The summed E-state index contributed by atoms with van der Waals surface area (Å²) in [6.45, 7) is 3.45. The van der Waals surface area contributed by atoms with Gasteiger partial charge in [-0.25, -0.2) is 5.43 Å². The molecule has 0 spiro atoms. The first-order valence-corrected chi connectivity index (χ1v) is 9.65. The van der Waals surface area contributed by atoms with Crippen molar-refractivity contribution in [1.29, 1.82) is 0 Å². The molecule has 1 N–H and O–H groups in total. The molecule has 0 saturated heterocycles. The number of nitrogens with zero attached hydrogens (tertiary/aromatic N) is 2. The second-order valence-electron chi connectivity index (χ2n) is 7.35. The normalized spacial score (nSPS) is 15.3. The van der Waals surface area contributed by atoms with Gasteiger partial charge in [-0.15, -0.1) is 0 Å². The summed E-state index contributed by atoms with van der Waals surface area (Å²) >= 11 is 0. The second kappa shape index (κ2) is 8.78. The third-order valence-electron chi connectivity index (χ3n) is 5.39. The van der Waals surface area contributed by atoms with Crippen LogP contribution in [0, 0.1) is 17.0 Å². The zero-order valence-corrected chi connectivity index (χ0v) is 16.3. The zero-order chi connectivity index (χ0) is 20.1. The Morgan fingerprint density at radius 3 is 2.32 bits per heavy atom. The number of hydrogen-bond donors (Lipinski definition) is 1. The number of carbonyl (C=O) groups is 1. The topological polar surface area (TPSA) is 84.6 Å². The SMILES string of the molecule is C/C(=N/NC(=O)c1ccc([N+](=O)[O-])c(C)c1)c1ccc(C2CCCCC2)cc1. The number of benzene rings is 2. The fourth-order valence-electron chi connectivity index (χ4n) is 3.70. The van der Waals surface area contributed by atoms with Crippen LogP contribution >= 0.6 is 0 Å². The highest BCUT2D eigenvalue weighted by Crippen LogP contribution is 2.32. The molecule has 1 amide bonds. The van der Waals surface area contributed by atoms with Crippen molar-refractivity contribution >= 4 is 17.3 Å². The van der Waals surface area contributed by atoms with E-state index in [4.69, 9.17) is 0 Å². The van der Waals surface area contributed by atoms with E-state index in [0.29, 0.717) is 22.8 Å². The average molecular weight is 379 g/mol. The van der Waals surface area contributed by atoms with E-state index in [1.807, 2.05) is 19.1 Å². The van der Waals surface area contributed by atoms with Crippen molar-refractivity contribution in [2.45, 2.75) is 51.9 Å². The van der Waals surface area contributed by atoms with Crippen LogP contribution in [0.1, 0.15) is 72.0 Å². The third kappa shape index (κ3) is 4.63. The number of hydrogen-bond acceptors (Lipinski definition) is 4. The zero-order valence-electron chi connectivity index (χ0n) is 16.3. The monoisotopic (exact) mass is 379 g/mol. The van der Waals surface area contributed by atoms with E-state index in [1.165, 1.54) is 55.9 Å². The molecule has 0 heterocycles. The van der Waals surface area contributed by atoms with Crippen molar-refractivity contribution in [3.05, 3.63) is 74.8 Å². The minimum absolute atomic E-state index is 0.00529. The summed E-state index contributed by atoms with van der Waals surface area (Å²) in [6, 6.07) is 12.7. The highest BCUT2D eigenvalue weighted by molar-refractivity contribution is 6.01. The summed E-state index contributed by atoms with van der Waals surface area (Å²) in [6.07, 6.45) is 6.48. The van der Waals surface area contributed by atoms with Gasteiger partial charge in [-0.05, 0) is 55.9 Å². The summed E-state index contributed by atoms with van der Waals surface area (Å²) in [5.41, 5.74) is 6.35. The van der Waals surface area contributed by atoms with Crippen LogP contribution in [0.3, 0.4) is 0 Å². The lowest BCUT2D eigenvalue weighted by molar-refractivity contribution is -0.385. The molecule has 146 valence electrons. The molecule has 6 nitrogen and oxygen atoms in total. The minimum atomic E-state index is -0.462. The largest absolute Gasteiger partial charge is 0.272 e. The molecule has 1 fully saturated rings. The van der Waals surface area contributed by atoms with E-state index >= 15 is 0 Å². The van der Waals surface area contributed by atoms with Gasteiger partial charge in [0.1, 0.15) is 0 Å². The van der Waals surface area contributed by atoms with E-state index in [1.54, 1.807) is 6.92 Å². The number of nitro benzene ring substituents is 1. The van der Waals surface area contributed by atoms with E-state index in [0.717, 1.165) is 5.56 Å². The Kier molecular flexibility index (Phi) is 6.19. The quantitative estimate of drug-likeness (QED) is 0.445. The van der Waals surface area contributed by atoms with Gasteiger partial charge in [0.05, 0.1) is 10.6 Å². The number of nitrogens with one attached hydrogen (secondary N) is 1. The van der Waals surface area contributed by atoms with Gasteiger partial charge in [0.2, 0.25) is 0 Å². The van der Waals surface area contributed by atoms with Crippen molar-refractivity contribution < 1.29 is 9.72 Å². The second-order valence-corrected chi connectivity index (χ2v) is 7.35. The summed E-state index contributed by atoms with van der Waals surface area (Å²) in [4.78, 5) is 22.7. The molecule has 0 aromatic heterocycles. The third-order valence-corrected chi connectivity index (χ3v) is 5.39. The summed E-state index contributed by atoms with van der Waals surface area (Å²) < 4.78 is 0. The number of carbonyl (C=O) groups excluding carboxylic acids is 1. The van der Waals surface area contributed by atoms with E-state index in [-0.39, 0.29) is 5.69 Å². The van der Waals surface area contributed by atoms with Crippen LogP contribution in [0.5, 0.6) is 0 Å². The molecule has 1 saturated carbocycles. The summed E-state index contributed by atoms with van der Waals surface area (Å²) in [5.74, 6) is 0.265. The minimum Gasteiger partial charge on any atom is -0.267 e. The molecule has 2 aromatic rings. The molecule has 0 atom stereocenters. The first-order chi connectivity index (χ1) is 13.5. The Hall–Kier alpha value is -3.02. The lowest BCUT2D eigenvalue weighted by Gasteiger charge is -2.22. The number of hydrazone groups is 1. The number of rotatable bonds is 5. The van der Waals surface area contributed by atoms with Crippen molar-refractivity contribution in [2.75, 3.05) is 0 Å². The maximum Gasteiger partial charge on any atom is 0.272 e. The van der Waals surface area contributed by atoms with Gasteiger partial charge < -0.3 is 0 Å². The first-order valence-electron chi connectivity index (χ1n) is 9.65. The Balaban J connectivity index is 1.65. The van der Waals surface area contributed by atoms with Crippen molar-refractivity contribution in [3.8, 4) is 0 Å². The molecule has 1 aliphatic rings. The van der Waals surface area contributed by atoms with Crippen LogP contribution in [0.2, 0.25) is 0 Å². The smallest absolute Gasteiger partial charge is 0.267 e. The molecule has 6 heteroatoms. The lowest BCUT2D eigenvalue weighted by atomic mass is 9.84. The molecule has 0 radical (unpaired) electrons. The van der Waals surface area contributed by atoms with Crippen molar-refractivity contribution in [3.63, 3.8) is 0 Å². The van der Waals surface area contributed by atoms with Crippen LogP contribution in [0.25, 0.3) is 0 Å². The van der Waals surface area contributed by atoms with Gasteiger partial charge in [0, 0.05) is 17.2 Å². The van der Waals surface area contributed by atoms with Crippen molar-refractivity contribution in [2.24, 2.45) is 5.10 Å². The van der Waals surface area contributed by atoms with Gasteiger partial charge in [-0.2, -0.15) is 5.10 Å². The molecule has 3 rings (SSSR count). The molecule has 0 unspecified atom stereocenters. The number of amides is 1. The van der Waals surface area contributed by atoms with Crippen LogP contribution in [0.15, 0.2) is 47.6 Å². The van der Waals surface area contributed by atoms with E-state index in [9.17, 15) is 14.9 Å². The molecule has 28 heavy (non-hydrogen) atoms. The Labute approximate surface area is 164 Å². The fourth-order valence-corrected chi connectivity index (χ4v) is 3.70.